The van der Waals surface area contributed by atoms with Gasteiger partial charge in [-0.05, 0) is 38.0 Å². The second-order valence-corrected chi connectivity index (χ2v) is 4.07. The van der Waals surface area contributed by atoms with Gasteiger partial charge in [-0.15, -0.1) is 6.58 Å². The molecule has 1 N–H and O–H groups in total. The van der Waals surface area contributed by atoms with Crippen molar-refractivity contribution in [3.05, 3.63) is 51.9 Å². The molecule has 3 nitrogen and oxygen atoms in total. The van der Waals surface area contributed by atoms with E-state index in [2.05, 4.69) is 6.58 Å². The fourth-order valence-corrected chi connectivity index (χ4v) is 1.96. The molecular weight excluding hydrogens is 216 g/mol. The fraction of sp³-hybridized carbons (Fsp3) is 0.214. The van der Waals surface area contributed by atoms with E-state index in [0.29, 0.717) is 23.1 Å². The molecule has 2 rings (SSSR count). The van der Waals surface area contributed by atoms with Gasteiger partial charge in [-0.2, -0.15) is 0 Å². The normalized spacial score (nSPS) is 10.7. The molecule has 2 aromatic rings. The summed E-state index contributed by atoms with van der Waals surface area (Å²) in [6, 6.07) is 3.38. The molecule has 0 atom stereocenters. The number of aromatic hydroxyl groups is 1. The fourth-order valence-electron chi connectivity index (χ4n) is 1.96. The van der Waals surface area contributed by atoms with E-state index >= 15 is 0 Å². The molecule has 0 aliphatic rings. The quantitative estimate of drug-likeness (QED) is 0.637. The summed E-state index contributed by atoms with van der Waals surface area (Å²) in [7, 11) is 0. The predicted molar refractivity (Wildman–Crippen MR) is 67.5 cm³/mol. The molecule has 0 amide bonds. The maximum Gasteiger partial charge on any atom is 0.340 e. The van der Waals surface area contributed by atoms with Crippen LogP contribution in [0.1, 0.15) is 16.7 Å². The van der Waals surface area contributed by atoms with Crippen molar-refractivity contribution >= 4 is 11.0 Å². The number of benzene rings is 1. The van der Waals surface area contributed by atoms with E-state index < -0.39 is 0 Å². The van der Waals surface area contributed by atoms with Gasteiger partial charge in [-0.1, -0.05) is 6.08 Å². The highest BCUT2D eigenvalue weighted by atomic mass is 16.4. The molecule has 1 aromatic carbocycles. The molecule has 3 heteroatoms. The van der Waals surface area contributed by atoms with Crippen molar-refractivity contribution in [3.63, 3.8) is 0 Å². The average Bonchev–Trinajstić information content (AvgIpc) is 2.30. The lowest BCUT2D eigenvalue weighted by Gasteiger charge is -2.08. The van der Waals surface area contributed by atoms with Crippen LogP contribution in [0.2, 0.25) is 0 Å². The van der Waals surface area contributed by atoms with Crippen LogP contribution in [0.3, 0.4) is 0 Å². The van der Waals surface area contributed by atoms with Crippen molar-refractivity contribution in [3.8, 4) is 5.75 Å². The lowest BCUT2D eigenvalue weighted by Crippen LogP contribution is -2.09. The first-order chi connectivity index (χ1) is 8.06. The van der Waals surface area contributed by atoms with Gasteiger partial charge in [0.25, 0.3) is 0 Å². The number of allylic oxidation sites excluding steroid dienone is 1. The zero-order valence-electron chi connectivity index (χ0n) is 9.91. The van der Waals surface area contributed by atoms with Crippen LogP contribution in [-0.4, -0.2) is 5.11 Å². The van der Waals surface area contributed by atoms with Crippen LogP contribution in [-0.2, 0) is 6.42 Å². The number of hydrogen-bond donors (Lipinski definition) is 1. The summed E-state index contributed by atoms with van der Waals surface area (Å²) in [6.45, 7) is 7.24. The van der Waals surface area contributed by atoms with Crippen LogP contribution in [0.25, 0.3) is 11.0 Å². The van der Waals surface area contributed by atoms with E-state index in [1.54, 1.807) is 25.1 Å². The van der Waals surface area contributed by atoms with Crippen LogP contribution >= 0.6 is 0 Å². The third-order valence-corrected chi connectivity index (χ3v) is 3.02. The second-order valence-electron chi connectivity index (χ2n) is 4.07. The first-order valence-electron chi connectivity index (χ1n) is 5.42. The van der Waals surface area contributed by atoms with Crippen molar-refractivity contribution in [2.45, 2.75) is 20.3 Å². The number of phenolic OH excluding ortho intramolecular Hbond substituents is 1. The van der Waals surface area contributed by atoms with Crippen LogP contribution in [0.4, 0.5) is 0 Å². The molecule has 1 aromatic heterocycles. The highest BCUT2D eigenvalue weighted by Crippen LogP contribution is 2.28. The summed E-state index contributed by atoms with van der Waals surface area (Å²) in [4.78, 5) is 11.8. The van der Waals surface area contributed by atoms with Crippen LogP contribution in [0.5, 0.6) is 5.75 Å². The van der Waals surface area contributed by atoms with Gasteiger partial charge in [0.05, 0.1) is 0 Å². The van der Waals surface area contributed by atoms with Gasteiger partial charge in [0.1, 0.15) is 11.3 Å². The molecule has 0 bridgehead atoms. The van der Waals surface area contributed by atoms with E-state index in [-0.39, 0.29) is 11.4 Å². The van der Waals surface area contributed by atoms with Gasteiger partial charge in [0, 0.05) is 16.5 Å². The first-order valence-corrected chi connectivity index (χ1v) is 5.42. The summed E-state index contributed by atoms with van der Waals surface area (Å²) < 4.78 is 5.27. The Morgan fingerprint density at radius 3 is 2.71 bits per heavy atom. The lowest BCUT2D eigenvalue weighted by molar-refractivity contribution is 0.468. The Morgan fingerprint density at radius 2 is 2.06 bits per heavy atom. The Balaban J connectivity index is 2.90. The smallest absolute Gasteiger partial charge is 0.340 e. The number of fused-ring (bicyclic) bond motifs is 1. The molecule has 0 saturated heterocycles. The molecule has 0 aliphatic heterocycles. The monoisotopic (exact) mass is 230 g/mol. The Hall–Kier alpha value is -2.03. The van der Waals surface area contributed by atoms with Crippen molar-refractivity contribution in [2.75, 3.05) is 0 Å². The summed E-state index contributed by atoms with van der Waals surface area (Å²) in [5.41, 5.74) is 2.20. The Kier molecular flexibility index (Phi) is 2.76. The predicted octanol–water partition coefficient (Wildman–Crippen LogP) is 2.84. The summed E-state index contributed by atoms with van der Waals surface area (Å²) in [5, 5.41) is 10.5. The van der Waals surface area contributed by atoms with E-state index in [4.69, 9.17) is 4.42 Å². The van der Waals surface area contributed by atoms with Gasteiger partial charge >= 0.3 is 5.63 Å². The average molecular weight is 230 g/mol. The highest BCUT2D eigenvalue weighted by molar-refractivity contribution is 5.85. The minimum Gasteiger partial charge on any atom is -0.508 e. The Morgan fingerprint density at radius 1 is 1.35 bits per heavy atom. The molecule has 0 radical (unpaired) electrons. The zero-order chi connectivity index (χ0) is 12.6. The van der Waals surface area contributed by atoms with Gasteiger partial charge < -0.3 is 9.52 Å². The van der Waals surface area contributed by atoms with Crippen molar-refractivity contribution in [2.24, 2.45) is 0 Å². The summed E-state index contributed by atoms with van der Waals surface area (Å²) in [6.07, 6.45) is 2.17. The number of hydrogen-bond acceptors (Lipinski definition) is 3. The third kappa shape index (κ3) is 1.73. The number of phenols is 1. The van der Waals surface area contributed by atoms with E-state index in [0.717, 1.165) is 10.9 Å². The van der Waals surface area contributed by atoms with E-state index in [1.807, 2.05) is 6.92 Å². The third-order valence-electron chi connectivity index (χ3n) is 3.02. The molecule has 0 saturated carbocycles. The standard InChI is InChI=1S/C14H14O3/c1-4-5-11-8(2)10-6-7-12(15)9(3)13(10)17-14(11)16/h4,6-7,15H,1,5H2,2-3H3. The van der Waals surface area contributed by atoms with Gasteiger partial charge in [-0.25, -0.2) is 4.79 Å². The zero-order valence-corrected chi connectivity index (χ0v) is 9.91. The highest BCUT2D eigenvalue weighted by Gasteiger charge is 2.13. The summed E-state index contributed by atoms with van der Waals surface area (Å²) >= 11 is 0. The van der Waals surface area contributed by atoms with E-state index in [1.165, 1.54) is 0 Å². The number of aryl methyl sites for hydroxylation is 2. The molecule has 0 spiro atoms. The molecule has 88 valence electrons. The molecule has 1 heterocycles. The maximum absolute atomic E-state index is 11.8. The lowest BCUT2D eigenvalue weighted by atomic mass is 10.0. The van der Waals surface area contributed by atoms with Crippen LogP contribution in [0.15, 0.2) is 34.0 Å². The second kappa shape index (κ2) is 4.09. The molecular formula is C14H14O3. The van der Waals surface area contributed by atoms with Crippen molar-refractivity contribution in [1.29, 1.82) is 0 Å². The van der Waals surface area contributed by atoms with Crippen LogP contribution in [0, 0.1) is 13.8 Å². The SMILES string of the molecule is C=CCc1c(C)c2ccc(O)c(C)c2oc1=O. The van der Waals surface area contributed by atoms with Gasteiger partial charge in [0.15, 0.2) is 0 Å². The molecule has 0 fully saturated rings. The molecule has 17 heavy (non-hydrogen) atoms. The maximum atomic E-state index is 11.8. The largest absolute Gasteiger partial charge is 0.508 e. The van der Waals surface area contributed by atoms with Crippen molar-refractivity contribution in [1.82, 2.24) is 0 Å². The topological polar surface area (TPSA) is 50.4 Å². The Bertz CT molecular complexity index is 651. The van der Waals surface area contributed by atoms with Gasteiger partial charge in [0.2, 0.25) is 0 Å². The van der Waals surface area contributed by atoms with Gasteiger partial charge in [-0.3, -0.25) is 0 Å². The molecule has 0 unspecified atom stereocenters. The minimum absolute atomic E-state index is 0.136. The van der Waals surface area contributed by atoms with Crippen molar-refractivity contribution < 1.29 is 9.52 Å². The minimum atomic E-state index is -0.358. The number of rotatable bonds is 2. The summed E-state index contributed by atoms with van der Waals surface area (Å²) in [5.74, 6) is 0.136. The molecule has 0 aliphatic carbocycles. The van der Waals surface area contributed by atoms with Crippen LogP contribution < -0.4 is 5.63 Å². The Labute approximate surface area is 99.0 Å². The first kappa shape index (κ1) is 11.5. The van der Waals surface area contributed by atoms with E-state index in [9.17, 15) is 9.90 Å².